The molecule has 0 saturated carbocycles. The highest BCUT2D eigenvalue weighted by atomic mass is 32.2. The molecule has 0 fully saturated rings. The summed E-state index contributed by atoms with van der Waals surface area (Å²) in [4.78, 5) is 19.6. The van der Waals surface area contributed by atoms with E-state index < -0.39 is 26.7 Å². The second-order valence-corrected chi connectivity index (χ2v) is 7.35. The summed E-state index contributed by atoms with van der Waals surface area (Å²) in [6.07, 6.45) is 4.44. The predicted octanol–water partition coefficient (Wildman–Crippen LogP) is 2.09. The van der Waals surface area contributed by atoms with Crippen LogP contribution in [0, 0.1) is 5.82 Å². The summed E-state index contributed by atoms with van der Waals surface area (Å²) in [5.41, 5.74) is 0.464. The minimum atomic E-state index is -4.15. The highest BCUT2D eigenvalue weighted by molar-refractivity contribution is 7.89. The summed E-state index contributed by atoms with van der Waals surface area (Å²) in [5, 5.41) is 3.76. The molecule has 1 aromatic carbocycles. The summed E-state index contributed by atoms with van der Waals surface area (Å²) in [6.45, 7) is 2.94. The highest BCUT2D eigenvalue weighted by Gasteiger charge is 2.21. The third-order valence-corrected chi connectivity index (χ3v) is 5.03. The number of carbonyl (C=O) groups excluding carboxylic acids is 1. The first-order valence-electron chi connectivity index (χ1n) is 8.21. The Balaban J connectivity index is 1.71. The van der Waals surface area contributed by atoms with Crippen LogP contribution in [-0.4, -0.2) is 36.1 Å². The van der Waals surface area contributed by atoms with Crippen molar-refractivity contribution in [3.8, 4) is 11.4 Å². The van der Waals surface area contributed by atoms with Crippen molar-refractivity contribution in [2.75, 3.05) is 6.54 Å². The predicted molar refractivity (Wildman–Crippen MR) is 98.4 cm³/mol. The van der Waals surface area contributed by atoms with E-state index in [1.807, 2.05) is 0 Å². The van der Waals surface area contributed by atoms with Crippen LogP contribution in [0.1, 0.15) is 16.2 Å². The van der Waals surface area contributed by atoms with Gasteiger partial charge >= 0.3 is 5.97 Å². The number of ether oxygens (including phenoxy) is 1. The van der Waals surface area contributed by atoms with Crippen LogP contribution >= 0.6 is 0 Å². The number of sulfonamides is 1. The maximum atomic E-state index is 13.9. The maximum absolute atomic E-state index is 13.9. The molecular formula is C18H15FN4O5S. The van der Waals surface area contributed by atoms with Crippen molar-refractivity contribution in [2.24, 2.45) is 0 Å². The summed E-state index contributed by atoms with van der Waals surface area (Å²) in [5.74, 6) is -1.59. The molecule has 0 unspecified atom stereocenters. The molecule has 0 aliphatic carbocycles. The standard InChI is InChI=1S/C18H15FN4O5S/c1-2-7-21-29(25,26)15-9-12(5-6-14(15)19)18(24)27-11-16-22-17(23-28-16)13-4-3-8-20-10-13/h2-6,8-10,21H,1,7,11H2. The van der Waals surface area contributed by atoms with Gasteiger partial charge in [0.15, 0.2) is 6.61 Å². The van der Waals surface area contributed by atoms with Gasteiger partial charge in [-0.05, 0) is 30.3 Å². The highest BCUT2D eigenvalue weighted by Crippen LogP contribution is 2.18. The van der Waals surface area contributed by atoms with Crippen LogP contribution < -0.4 is 4.72 Å². The molecule has 1 N–H and O–H groups in total. The second kappa shape index (κ2) is 8.71. The van der Waals surface area contributed by atoms with Crippen molar-refractivity contribution < 1.29 is 26.9 Å². The average molecular weight is 418 g/mol. The van der Waals surface area contributed by atoms with Crippen LogP contribution in [0.2, 0.25) is 0 Å². The average Bonchev–Trinajstić information content (AvgIpc) is 3.20. The van der Waals surface area contributed by atoms with Crippen LogP contribution in [0.4, 0.5) is 4.39 Å². The maximum Gasteiger partial charge on any atom is 0.338 e. The van der Waals surface area contributed by atoms with Crippen LogP contribution in [0.5, 0.6) is 0 Å². The van der Waals surface area contributed by atoms with E-state index in [-0.39, 0.29) is 30.4 Å². The van der Waals surface area contributed by atoms with Crippen molar-refractivity contribution >= 4 is 16.0 Å². The molecular weight excluding hydrogens is 403 g/mol. The second-order valence-electron chi connectivity index (χ2n) is 5.62. The molecule has 0 radical (unpaired) electrons. The number of carbonyl (C=O) groups is 1. The summed E-state index contributed by atoms with van der Waals surface area (Å²) >= 11 is 0. The molecule has 0 spiro atoms. The van der Waals surface area contributed by atoms with E-state index in [9.17, 15) is 17.6 Å². The number of esters is 1. The third kappa shape index (κ3) is 4.89. The van der Waals surface area contributed by atoms with Crippen molar-refractivity contribution in [2.45, 2.75) is 11.5 Å². The molecule has 2 heterocycles. The SMILES string of the molecule is C=CCNS(=O)(=O)c1cc(C(=O)OCc2nc(-c3cccnc3)no2)ccc1F. The molecule has 9 nitrogen and oxygen atoms in total. The van der Waals surface area contributed by atoms with Gasteiger partial charge in [0.1, 0.15) is 10.7 Å². The van der Waals surface area contributed by atoms with E-state index >= 15 is 0 Å². The Bertz CT molecular complexity index is 1130. The van der Waals surface area contributed by atoms with Crippen LogP contribution in [-0.2, 0) is 21.4 Å². The van der Waals surface area contributed by atoms with Gasteiger partial charge in [0.25, 0.3) is 5.89 Å². The Kier molecular flexibility index (Phi) is 6.10. The molecule has 0 bridgehead atoms. The molecule has 3 aromatic rings. The number of hydrogen-bond acceptors (Lipinski definition) is 8. The van der Waals surface area contributed by atoms with Crippen molar-refractivity contribution in [3.63, 3.8) is 0 Å². The molecule has 150 valence electrons. The lowest BCUT2D eigenvalue weighted by Gasteiger charge is -2.08. The van der Waals surface area contributed by atoms with Crippen molar-refractivity contribution in [3.05, 3.63) is 72.7 Å². The smallest absolute Gasteiger partial charge is 0.338 e. The molecule has 0 amide bonds. The van der Waals surface area contributed by atoms with E-state index in [0.717, 1.165) is 18.2 Å². The fourth-order valence-electron chi connectivity index (χ4n) is 2.22. The number of benzene rings is 1. The van der Waals surface area contributed by atoms with Gasteiger partial charge in [-0.1, -0.05) is 11.2 Å². The van der Waals surface area contributed by atoms with Gasteiger partial charge in [-0.2, -0.15) is 4.98 Å². The Morgan fingerprint density at radius 1 is 1.34 bits per heavy atom. The molecule has 0 saturated heterocycles. The third-order valence-electron chi connectivity index (χ3n) is 3.59. The van der Waals surface area contributed by atoms with E-state index in [0.29, 0.717) is 5.56 Å². The Morgan fingerprint density at radius 3 is 2.90 bits per heavy atom. The summed E-state index contributed by atoms with van der Waals surface area (Å²) in [6, 6.07) is 6.30. The van der Waals surface area contributed by atoms with Crippen molar-refractivity contribution in [1.29, 1.82) is 0 Å². The normalized spacial score (nSPS) is 11.2. The Labute approximate surface area is 165 Å². The largest absolute Gasteiger partial charge is 0.452 e. The molecule has 0 atom stereocenters. The molecule has 2 aromatic heterocycles. The minimum absolute atomic E-state index is 0.0276. The number of hydrogen-bond donors (Lipinski definition) is 1. The van der Waals surface area contributed by atoms with Crippen molar-refractivity contribution in [1.82, 2.24) is 19.8 Å². The molecule has 0 aliphatic heterocycles. The van der Waals surface area contributed by atoms with Gasteiger partial charge in [-0.25, -0.2) is 22.3 Å². The summed E-state index contributed by atoms with van der Waals surface area (Å²) < 4.78 is 50.3. The molecule has 29 heavy (non-hydrogen) atoms. The quantitative estimate of drug-likeness (QED) is 0.436. The first-order valence-corrected chi connectivity index (χ1v) is 9.69. The first kappa shape index (κ1) is 20.3. The number of pyridine rings is 1. The zero-order valence-corrected chi connectivity index (χ0v) is 15.7. The lowest BCUT2D eigenvalue weighted by Crippen LogP contribution is -2.25. The summed E-state index contributed by atoms with van der Waals surface area (Å²) in [7, 11) is -4.15. The lowest BCUT2D eigenvalue weighted by molar-refractivity contribution is 0.0429. The number of nitrogens with zero attached hydrogens (tertiary/aromatic N) is 3. The zero-order valence-electron chi connectivity index (χ0n) is 14.9. The van der Waals surface area contributed by atoms with Crippen LogP contribution in [0.25, 0.3) is 11.4 Å². The molecule has 11 heteroatoms. The lowest BCUT2D eigenvalue weighted by atomic mass is 10.2. The minimum Gasteiger partial charge on any atom is -0.452 e. The topological polar surface area (TPSA) is 124 Å². The number of rotatable bonds is 8. The van der Waals surface area contributed by atoms with Gasteiger partial charge in [-0.3, -0.25) is 4.98 Å². The van der Waals surface area contributed by atoms with Gasteiger partial charge in [0, 0.05) is 24.5 Å². The number of aromatic nitrogens is 3. The van der Waals surface area contributed by atoms with Gasteiger partial charge in [0.2, 0.25) is 15.8 Å². The first-order chi connectivity index (χ1) is 13.9. The fraction of sp³-hybridized carbons (Fsp3) is 0.111. The van der Waals surface area contributed by atoms with Gasteiger partial charge in [0.05, 0.1) is 5.56 Å². The zero-order chi connectivity index (χ0) is 20.9. The van der Waals surface area contributed by atoms with Gasteiger partial charge in [-0.15, -0.1) is 6.58 Å². The number of nitrogens with one attached hydrogen (secondary N) is 1. The Hall–Kier alpha value is -3.44. The molecule has 3 rings (SSSR count). The monoisotopic (exact) mass is 418 g/mol. The molecule has 0 aliphatic rings. The van der Waals surface area contributed by atoms with Crippen LogP contribution in [0.3, 0.4) is 0 Å². The van der Waals surface area contributed by atoms with E-state index in [1.54, 1.807) is 24.5 Å². The van der Waals surface area contributed by atoms with E-state index in [1.165, 1.54) is 6.08 Å². The number of halogens is 1. The Morgan fingerprint density at radius 2 is 2.17 bits per heavy atom. The fourth-order valence-corrected chi connectivity index (χ4v) is 3.32. The van der Waals surface area contributed by atoms with Crippen LogP contribution in [0.15, 0.2) is 64.8 Å². The van der Waals surface area contributed by atoms with E-state index in [4.69, 9.17) is 9.26 Å². The van der Waals surface area contributed by atoms with E-state index in [2.05, 4.69) is 26.4 Å². The van der Waals surface area contributed by atoms with Gasteiger partial charge < -0.3 is 9.26 Å².